The second kappa shape index (κ2) is 13.1. The van der Waals surface area contributed by atoms with Gasteiger partial charge in [-0.05, 0) is 61.4 Å². The average molecular weight is 588 g/mol. The van der Waals surface area contributed by atoms with Gasteiger partial charge in [0.05, 0.1) is 18.0 Å². The number of amides is 1. The number of nitrogens with zero attached hydrogens (tertiary/aromatic N) is 1. The minimum Gasteiger partial charge on any atom is -0.481 e. The summed E-state index contributed by atoms with van der Waals surface area (Å²) in [5.41, 5.74) is 3.83. The van der Waals surface area contributed by atoms with E-state index in [0.717, 1.165) is 40.1 Å². The average Bonchev–Trinajstić information content (AvgIpc) is 2.95. The maximum atomic E-state index is 13.5. The Hall–Kier alpha value is -4.10. The third-order valence-electron chi connectivity index (χ3n) is 6.47. The van der Waals surface area contributed by atoms with Crippen molar-refractivity contribution in [3.05, 3.63) is 113 Å². The van der Waals surface area contributed by atoms with Gasteiger partial charge in [0.1, 0.15) is 11.5 Å². The normalized spacial score (nSPS) is 11.5. The van der Waals surface area contributed by atoms with Gasteiger partial charge in [0.15, 0.2) is 0 Å². The van der Waals surface area contributed by atoms with Crippen LogP contribution in [-0.4, -0.2) is 30.1 Å². The molecule has 1 unspecified atom stereocenters. The maximum Gasteiger partial charge on any atom is 0.305 e. The predicted octanol–water partition coefficient (Wildman–Crippen LogP) is 7.70. The molecule has 0 aromatic heterocycles. The van der Waals surface area contributed by atoms with Gasteiger partial charge < -0.3 is 20.1 Å². The van der Waals surface area contributed by atoms with Crippen LogP contribution in [0.1, 0.15) is 42.2 Å². The number of halogens is 1. The molecule has 0 radical (unpaired) electrons. The van der Waals surface area contributed by atoms with Crippen molar-refractivity contribution in [2.24, 2.45) is 0 Å². The molecule has 0 bridgehead atoms. The van der Waals surface area contributed by atoms with Gasteiger partial charge in [-0.3, -0.25) is 9.59 Å². The highest BCUT2D eigenvalue weighted by Crippen LogP contribution is 2.34. The van der Waals surface area contributed by atoms with E-state index in [4.69, 9.17) is 4.74 Å². The van der Waals surface area contributed by atoms with E-state index in [-0.39, 0.29) is 12.3 Å². The lowest BCUT2D eigenvalue weighted by atomic mass is 9.98. The van der Waals surface area contributed by atoms with Crippen LogP contribution >= 0.6 is 15.9 Å². The van der Waals surface area contributed by atoms with Crippen LogP contribution in [0.4, 0.5) is 5.69 Å². The Bertz CT molecular complexity index is 1420. The smallest absolute Gasteiger partial charge is 0.305 e. The molecule has 200 valence electrons. The van der Waals surface area contributed by atoms with Crippen LogP contribution in [0.15, 0.2) is 102 Å². The topological polar surface area (TPSA) is 78.9 Å². The van der Waals surface area contributed by atoms with Crippen LogP contribution in [-0.2, 0) is 4.79 Å². The lowest BCUT2D eigenvalue weighted by Gasteiger charge is -2.25. The number of ether oxygens (including phenoxy) is 1. The fourth-order valence-corrected chi connectivity index (χ4v) is 4.86. The minimum atomic E-state index is -0.996. The molecule has 0 aliphatic heterocycles. The molecule has 0 saturated heterocycles. The lowest BCUT2D eigenvalue weighted by Crippen LogP contribution is -2.32. The number of benzene rings is 4. The number of para-hydroxylation sites is 2. The first-order chi connectivity index (χ1) is 18.9. The van der Waals surface area contributed by atoms with Crippen molar-refractivity contribution in [2.75, 3.05) is 18.0 Å². The van der Waals surface area contributed by atoms with E-state index in [9.17, 15) is 14.7 Å². The largest absolute Gasteiger partial charge is 0.481 e. The first kappa shape index (κ1) is 27.9. The molecule has 0 saturated carbocycles. The van der Waals surface area contributed by atoms with Crippen molar-refractivity contribution in [3.63, 3.8) is 0 Å². The Morgan fingerprint density at radius 1 is 0.897 bits per heavy atom. The third kappa shape index (κ3) is 7.06. The van der Waals surface area contributed by atoms with E-state index in [1.165, 1.54) is 0 Å². The molecule has 6 nitrogen and oxygen atoms in total. The van der Waals surface area contributed by atoms with E-state index >= 15 is 0 Å². The van der Waals surface area contributed by atoms with Crippen molar-refractivity contribution < 1.29 is 19.4 Å². The van der Waals surface area contributed by atoms with Gasteiger partial charge in [0.25, 0.3) is 5.91 Å². The number of rotatable bonds is 11. The molecule has 0 heterocycles. The van der Waals surface area contributed by atoms with Crippen LogP contribution in [0, 0.1) is 0 Å². The summed E-state index contributed by atoms with van der Waals surface area (Å²) in [6, 6.07) is 29.7. The van der Waals surface area contributed by atoms with Gasteiger partial charge in [-0.1, -0.05) is 76.6 Å². The van der Waals surface area contributed by atoms with Crippen molar-refractivity contribution in [1.29, 1.82) is 0 Å². The minimum absolute atomic E-state index is 0.243. The number of anilines is 1. The van der Waals surface area contributed by atoms with Crippen LogP contribution in [0.25, 0.3) is 11.1 Å². The van der Waals surface area contributed by atoms with E-state index in [2.05, 4.69) is 26.1 Å². The number of carbonyl (C=O) groups excluding carboxylic acids is 1. The molecule has 1 atom stereocenters. The fourth-order valence-electron chi connectivity index (χ4n) is 4.50. The van der Waals surface area contributed by atoms with Crippen LogP contribution in [0.2, 0.25) is 0 Å². The number of aliphatic carboxylic acids is 1. The molecule has 0 aliphatic rings. The molecule has 0 spiro atoms. The molecule has 4 aromatic carbocycles. The molecule has 0 aliphatic carbocycles. The SMILES string of the molecule is CCN(CC)c1ccc(Br)cc1C(=O)NC(CC(=O)O)c1ccc(-c2ccccc2Oc2ccccc2)cc1. The molecule has 39 heavy (non-hydrogen) atoms. The summed E-state index contributed by atoms with van der Waals surface area (Å²) in [5, 5.41) is 12.6. The van der Waals surface area contributed by atoms with Gasteiger partial charge in [0.2, 0.25) is 0 Å². The molecule has 7 heteroatoms. The molecule has 4 aromatic rings. The Morgan fingerprint density at radius 3 is 2.23 bits per heavy atom. The first-order valence-corrected chi connectivity index (χ1v) is 13.7. The van der Waals surface area contributed by atoms with Gasteiger partial charge >= 0.3 is 5.97 Å². The number of carboxylic acid groups (broad SMARTS) is 1. The number of carbonyl (C=O) groups is 2. The highest BCUT2D eigenvalue weighted by Gasteiger charge is 2.22. The standard InChI is InChI=1S/C32H31BrN2O4/c1-3-35(4-2)29-19-18-24(33)20-27(29)32(38)34-28(21-31(36)37)23-16-14-22(15-17-23)26-12-8-9-13-30(26)39-25-10-6-5-7-11-25/h5-20,28H,3-4,21H2,1-2H3,(H,34,38)(H,36,37). The summed E-state index contributed by atoms with van der Waals surface area (Å²) in [6.45, 7) is 5.55. The Balaban J connectivity index is 1.60. The Morgan fingerprint density at radius 2 is 1.56 bits per heavy atom. The van der Waals surface area contributed by atoms with Gasteiger partial charge in [-0.25, -0.2) is 0 Å². The van der Waals surface area contributed by atoms with Crippen LogP contribution < -0.4 is 15.0 Å². The quantitative estimate of drug-likeness (QED) is 0.188. The van der Waals surface area contributed by atoms with Gasteiger partial charge in [-0.2, -0.15) is 0 Å². The second-order valence-corrected chi connectivity index (χ2v) is 9.91. The van der Waals surface area contributed by atoms with Crippen molar-refractivity contribution in [3.8, 4) is 22.6 Å². The van der Waals surface area contributed by atoms with Crippen molar-refractivity contribution >= 4 is 33.5 Å². The molecule has 0 fully saturated rings. The highest BCUT2D eigenvalue weighted by atomic mass is 79.9. The summed E-state index contributed by atoms with van der Waals surface area (Å²) < 4.78 is 6.89. The summed E-state index contributed by atoms with van der Waals surface area (Å²) in [6.07, 6.45) is -0.243. The molecular weight excluding hydrogens is 556 g/mol. The monoisotopic (exact) mass is 586 g/mol. The molecular formula is C32H31BrN2O4. The van der Waals surface area contributed by atoms with E-state index in [1.807, 2.05) is 105 Å². The number of hydrogen-bond acceptors (Lipinski definition) is 4. The summed E-state index contributed by atoms with van der Waals surface area (Å²) in [5.74, 6) is 0.132. The second-order valence-electron chi connectivity index (χ2n) is 8.99. The molecule has 1 amide bonds. The zero-order valence-corrected chi connectivity index (χ0v) is 23.5. The highest BCUT2D eigenvalue weighted by molar-refractivity contribution is 9.10. The zero-order chi connectivity index (χ0) is 27.8. The number of carboxylic acids is 1. The summed E-state index contributed by atoms with van der Waals surface area (Å²) >= 11 is 3.46. The lowest BCUT2D eigenvalue weighted by molar-refractivity contribution is -0.137. The Labute approximate surface area is 237 Å². The Kier molecular flexibility index (Phi) is 9.39. The molecule has 4 rings (SSSR count). The summed E-state index contributed by atoms with van der Waals surface area (Å²) in [4.78, 5) is 27.3. The van der Waals surface area contributed by atoms with Gasteiger partial charge in [0, 0.05) is 28.8 Å². The van der Waals surface area contributed by atoms with Crippen LogP contribution in [0.5, 0.6) is 11.5 Å². The number of hydrogen-bond donors (Lipinski definition) is 2. The van der Waals surface area contributed by atoms with E-state index in [1.54, 1.807) is 6.07 Å². The fraction of sp³-hybridized carbons (Fsp3) is 0.188. The van der Waals surface area contributed by atoms with E-state index in [0.29, 0.717) is 16.9 Å². The summed E-state index contributed by atoms with van der Waals surface area (Å²) in [7, 11) is 0. The van der Waals surface area contributed by atoms with Crippen LogP contribution in [0.3, 0.4) is 0 Å². The maximum absolute atomic E-state index is 13.5. The van der Waals surface area contributed by atoms with Crippen molar-refractivity contribution in [1.82, 2.24) is 5.32 Å². The predicted molar refractivity (Wildman–Crippen MR) is 159 cm³/mol. The third-order valence-corrected chi connectivity index (χ3v) is 6.97. The first-order valence-electron chi connectivity index (χ1n) is 12.9. The van der Waals surface area contributed by atoms with E-state index < -0.39 is 12.0 Å². The zero-order valence-electron chi connectivity index (χ0n) is 21.9. The molecule has 2 N–H and O–H groups in total. The number of nitrogens with one attached hydrogen (secondary N) is 1. The van der Waals surface area contributed by atoms with Crippen molar-refractivity contribution in [2.45, 2.75) is 26.3 Å². The van der Waals surface area contributed by atoms with Gasteiger partial charge in [-0.15, -0.1) is 0 Å².